The Morgan fingerprint density at radius 2 is 2.06 bits per heavy atom. The van der Waals surface area contributed by atoms with Crippen molar-refractivity contribution in [1.29, 1.82) is 0 Å². The van der Waals surface area contributed by atoms with Crippen molar-refractivity contribution < 1.29 is 22.3 Å². The van der Waals surface area contributed by atoms with Crippen molar-refractivity contribution in [2.75, 3.05) is 20.8 Å². The van der Waals surface area contributed by atoms with Crippen molar-refractivity contribution in [3.8, 4) is 5.75 Å². The van der Waals surface area contributed by atoms with E-state index in [0.29, 0.717) is 0 Å². The van der Waals surface area contributed by atoms with Crippen molar-refractivity contribution >= 4 is 10.0 Å². The van der Waals surface area contributed by atoms with Gasteiger partial charge in [-0.25, -0.2) is 17.5 Å². The highest BCUT2D eigenvalue weighted by Gasteiger charge is 2.19. The average Bonchev–Trinajstić information content (AvgIpc) is 2.28. The summed E-state index contributed by atoms with van der Waals surface area (Å²) in [6.07, 6.45) is 0. The molecule has 0 aliphatic heterocycles. The monoisotopic (exact) mass is 277 g/mol. The molecule has 0 radical (unpaired) electrons. The zero-order chi connectivity index (χ0) is 13.8. The highest BCUT2D eigenvalue weighted by Crippen LogP contribution is 2.20. The van der Waals surface area contributed by atoms with Gasteiger partial charge in [0, 0.05) is 13.2 Å². The molecule has 0 aromatic heterocycles. The Balaban J connectivity index is 2.95. The molecule has 0 aliphatic rings. The van der Waals surface area contributed by atoms with E-state index in [1.807, 2.05) is 0 Å². The first-order valence-electron chi connectivity index (χ1n) is 5.25. The lowest BCUT2D eigenvalue weighted by Crippen LogP contribution is -2.35. The second-order valence-electron chi connectivity index (χ2n) is 3.77. The number of ether oxygens (including phenoxy) is 2. The highest BCUT2D eigenvalue weighted by atomic mass is 32.2. The van der Waals surface area contributed by atoms with E-state index < -0.39 is 21.9 Å². The predicted octanol–water partition coefficient (Wildman–Crippen LogP) is 1.15. The van der Waals surface area contributed by atoms with Crippen molar-refractivity contribution in [2.24, 2.45) is 0 Å². The van der Waals surface area contributed by atoms with Crippen LogP contribution in [0, 0.1) is 5.82 Å². The average molecular weight is 277 g/mol. The van der Waals surface area contributed by atoms with Gasteiger partial charge in [-0.05, 0) is 25.1 Å². The maximum atomic E-state index is 13.4. The van der Waals surface area contributed by atoms with E-state index in [1.165, 1.54) is 26.4 Å². The van der Waals surface area contributed by atoms with Gasteiger partial charge in [-0.15, -0.1) is 0 Å². The van der Waals surface area contributed by atoms with Gasteiger partial charge in [0.1, 0.15) is 0 Å². The van der Waals surface area contributed by atoms with Crippen LogP contribution in [-0.4, -0.2) is 35.3 Å². The van der Waals surface area contributed by atoms with E-state index in [9.17, 15) is 12.8 Å². The van der Waals surface area contributed by atoms with Gasteiger partial charge in [-0.1, -0.05) is 0 Å². The summed E-state index contributed by atoms with van der Waals surface area (Å²) in [5, 5.41) is 0. The lowest BCUT2D eigenvalue weighted by Gasteiger charge is -2.13. The van der Waals surface area contributed by atoms with E-state index in [-0.39, 0.29) is 17.3 Å². The third kappa shape index (κ3) is 3.66. The molecule has 1 N–H and O–H groups in total. The summed E-state index contributed by atoms with van der Waals surface area (Å²) >= 11 is 0. The van der Waals surface area contributed by atoms with Crippen LogP contribution in [0.5, 0.6) is 5.75 Å². The Labute approximate surface area is 106 Å². The van der Waals surface area contributed by atoms with Crippen LogP contribution in [0.25, 0.3) is 0 Å². The molecule has 0 spiro atoms. The maximum absolute atomic E-state index is 13.4. The second kappa shape index (κ2) is 6.12. The van der Waals surface area contributed by atoms with Gasteiger partial charge in [0.05, 0.1) is 18.6 Å². The van der Waals surface area contributed by atoms with Gasteiger partial charge in [-0.3, -0.25) is 0 Å². The molecule has 0 heterocycles. The van der Waals surface area contributed by atoms with E-state index >= 15 is 0 Å². The lowest BCUT2D eigenvalue weighted by atomic mass is 10.3. The molecule has 1 rings (SSSR count). The molecule has 5 nitrogen and oxygen atoms in total. The van der Waals surface area contributed by atoms with E-state index in [4.69, 9.17) is 9.47 Å². The molecule has 1 aromatic carbocycles. The van der Waals surface area contributed by atoms with Crippen LogP contribution in [0.1, 0.15) is 6.92 Å². The smallest absolute Gasteiger partial charge is 0.240 e. The van der Waals surface area contributed by atoms with Crippen molar-refractivity contribution in [3.63, 3.8) is 0 Å². The molecular formula is C11H16FNO4S. The SMILES string of the molecule is COC[C@H](C)NS(=O)(=O)c1ccc(OC)c(F)c1. The van der Waals surface area contributed by atoms with Gasteiger partial charge in [-0.2, -0.15) is 0 Å². The van der Waals surface area contributed by atoms with Crippen LogP contribution < -0.4 is 9.46 Å². The molecule has 0 saturated heterocycles. The Kier molecular flexibility index (Phi) is 5.06. The fourth-order valence-electron chi connectivity index (χ4n) is 1.43. The second-order valence-corrected chi connectivity index (χ2v) is 5.49. The van der Waals surface area contributed by atoms with Crippen LogP contribution in [-0.2, 0) is 14.8 Å². The number of benzene rings is 1. The minimum atomic E-state index is -3.75. The van der Waals surface area contributed by atoms with Crippen LogP contribution in [0.4, 0.5) is 4.39 Å². The summed E-state index contributed by atoms with van der Waals surface area (Å²) in [5.74, 6) is -0.723. The summed E-state index contributed by atoms with van der Waals surface area (Å²) in [4.78, 5) is -0.149. The Morgan fingerprint density at radius 3 is 2.56 bits per heavy atom. The normalized spacial score (nSPS) is 13.3. The third-order valence-corrected chi connectivity index (χ3v) is 3.79. The topological polar surface area (TPSA) is 64.6 Å². The number of nitrogens with one attached hydrogen (secondary N) is 1. The first kappa shape index (κ1) is 14.9. The summed E-state index contributed by atoms with van der Waals surface area (Å²) in [6, 6.07) is 3.07. The number of hydrogen-bond donors (Lipinski definition) is 1. The molecule has 0 bridgehead atoms. The minimum Gasteiger partial charge on any atom is -0.494 e. The molecule has 0 fully saturated rings. The summed E-state index contributed by atoms with van der Waals surface area (Å²) in [6.45, 7) is 1.89. The third-order valence-electron chi connectivity index (χ3n) is 2.21. The lowest BCUT2D eigenvalue weighted by molar-refractivity contribution is 0.180. The minimum absolute atomic E-state index is 0.00103. The Hall–Kier alpha value is -1.18. The zero-order valence-corrected chi connectivity index (χ0v) is 11.3. The fraction of sp³-hybridized carbons (Fsp3) is 0.455. The number of methoxy groups -OCH3 is 2. The molecule has 7 heteroatoms. The van der Waals surface area contributed by atoms with Crippen molar-refractivity contribution in [1.82, 2.24) is 4.72 Å². The van der Waals surface area contributed by atoms with Gasteiger partial charge >= 0.3 is 0 Å². The van der Waals surface area contributed by atoms with Gasteiger partial charge < -0.3 is 9.47 Å². The first-order valence-corrected chi connectivity index (χ1v) is 6.74. The molecule has 18 heavy (non-hydrogen) atoms. The Morgan fingerprint density at radius 1 is 1.39 bits per heavy atom. The largest absolute Gasteiger partial charge is 0.494 e. The molecule has 1 aromatic rings. The molecule has 1 atom stereocenters. The van der Waals surface area contributed by atoms with E-state index in [1.54, 1.807) is 6.92 Å². The quantitative estimate of drug-likeness (QED) is 0.847. The summed E-state index contributed by atoms with van der Waals surface area (Å²) < 4.78 is 49.1. The fourth-order valence-corrected chi connectivity index (χ4v) is 2.67. The number of rotatable bonds is 6. The molecule has 0 saturated carbocycles. The Bertz CT molecular complexity index is 504. The molecular weight excluding hydrogens is 261 g/mol. The predicted molar refractivity (Wildman–Crippen MR) is 64.6 cm³/mol. The number of hydrogen-bond acceptors (Lipinski definition) is 4. The standard InChI is InChI=1S/C11H16FNO4S/c1-8(7-16-2)13-18(14,15)9-4-5-11(17-3)10(12)6-9/h4-6,8,13H,7H2,1-3H3/t8-/m0/s1. The van der Waals surface area contributed by atoms with Crippen LogP contribution in [0.15, 0.2) is 23.1 Å². The van der Waals surface area contributed by atoms with Crippen LogP contribution >= 0.6 is 0 Å². The van der Waals surface area contributed by atoms with Crippen molar-refractivity contribution in [3.05, 3.63) is 24.0 Å². The molecule has 0 amide bonds. The van der Waals surface area contributed by atoms with Gasteiger partial charge in [0.15, 0.2) is 11.6 Å². The summed E-state index contributed by atoms with van der Waals surface area (Å²) in [7, 11) is -0.974. The first-order chi connectivity index (χ1) is 8.40. The van der Waals surface area contributed by atoms with Crippen LogP contribution in [0.2, 0.25) is 0 Å². The van der Waals surface area contributed by atoms with Gasteiger partial charge in [0.2, 0.25) is 10.0 Å². The molecule has 0 unspecified atom stereocenters. The molecule has 0 aliphatic carbocycles. The molecule has 102 valence electrons. The van der Waals surface area contributed by atoms with Crippen molar-refractivity contribution in [2.45, 2.75) is 17.9 Å². The summed E-state index contributed by atoms with van der Waals surface area (Å²) in [5.41, 5.74) is 0. The van der Waals surface area contributed by atoms with Crippen LogP contribution in [0.3, 0.4) is 0 Å². The highest BCUT2D eigenvalue weighted by molar-refractivity contribution is 7.89. The number of halogens is 1. The van der Waals surface area contributed by atoms with E-state index in [0.717, 1.165) is 6.07 Å². The zero-order valence-electron chi connectivity index (χ0n) is 10.4. The maximum Gasteiger partial charge on any atom is 0.240 e. The number of sulfonamides is 1. The van der Waals surface area contributed by atoms with Gasteiger partial charge in [0.25, 0.3) is 0 Å². The van der Waals surface area contributed by atoms with E-state index in [2.05, 4.69) is 4.72 Å².